The van der Waals surface area contributed by atoms with E-state index in [0.717, 1.165) is 0 Å². The molecule has 0 amide bonds. The van der Waals surface area contributed by atoms with Gasteiger partial charge in [0.25, 0.3) is 0 Å². The minimum atomic E-state index is -4.11. The van der Waals surface area contributed by atoms with Gasteiger partial charge in [0.15, 0.2) is 0 Å². The molecule has 64 valence electrons. The summed E-state index contributed by atoms with van der Waals surface area (Å²) in [5.41, 5.74) is 0. The summed E-state index contributed by atoms with van der Waals surface area (Å²) < 4.78 is 29.9. The second-order valence-corrected chi connectivity index (χ2v) is 4.10. The number of hydrogen-bond donors (Lipinski definition) is 2. The zero-order chi connectivity index (χ0) is 7.49. The van der Waals surface area contributed by atoms with Gasteiger partial charge in [0, 0.05) is 11.0 Å². The monoisotopic (exact) mass is 228 g/mol. The molecule has 0 saturated heterocycles. The topological polar surface area (TPSA) is 88.7 Å². The quantitative estimate of drug-likeness (QED) is 0.293. The van der Waals surface area contributed by atoms with E-state index in [2.05, 4.69) is 25.3 Å². The Balaban J connectivity index is -0.000000320. The fraction of sp³-hybridized carbons (Fsp3) is 1.00. The molecular formula is C3H9NaO4S3. The van der Waals surface area contributed by atoms with Gasteiger partial charge in [-0.3, -0.25) is 0 Å². The molecule has 0 spiro atoms. The average molecular weight is 228 g/mol. The fourth-order valence-electron chi connectivity index (χ4n) is 0.288. The molecule has 8 heteroatoms. The summed E-state index contributed by atoms with van der Waals surface area (Å²) in [7, 11) is -4.11. The second-order valence-electron chi connectivity index (χ2n) is 1.56. The Morgan fingerprint density at radius 3 is 1.91 bits per heavy atom. The van der Waals surface area contributed by atoms with Crippen LogP contribution in [0.15, 0.2) is 0 Å². The Kier molecular flexibility index (Phi) is 13.7. The van der Waals surface area contributed by atoms with E-state index < -0.39 is 21.1 Å². The van der Waals surface area contributed by atoms with Crippen molar-refractivity contribution in [2.45, 2.75) is 5.25 Å². The zero-order valence-electron chi connectivity index (χ0n) is 6.02. The molecule has 0 fully saturated rings. The molecule has 1 atom stereocenters. The predicted octanol–water partition coefficient (Wildman–Crippen LogP) is -4.06. The first kappa shape index (κ1) is 18.4. The molecule has 4 nitrogen and oxygen atoms in total. The third-order valence-corrected chi connectivity index (χ3v) is 2.76. The Morgan fingerprint density at radius 1 is 1.45 bits per heavy atom. The van der Waals surface area contributed by atoms with Gasteiger partial charge in [-0.05, 0) is 0 Å². The largest absolute Gasteiger partial charge is 1.00 e. The van der Waals surface area contributed by atoms with E-state index in [1.807, 2.05) is 0 Å². The van der Waals surface area contributed by atoms with Gasteiger partial charge in [0.05, 0.1) is 15.9 Å². The van der Waals surface area contributed by atoms with Crippen LogP contribution in [-0.4, -0.2) is 35.2 Å². The molecular weight excluding hydrogens is 219 g/mol. The van der Waals surface area contributed by atoms with Gasteiger partial charge in [0.1, 0.15) is 0 Å². The molecule has 0 aliphatic heterocycles. The van der Waals surface area contributed by atoms with E-state index in [4.69, 9.17) is 0 Å². The molecule has 0 aromatic heterocycles. The summed E-state index contributed by atoms with van der Waals surface area (Å²) in [6, 6.07) is 0. The second kappa shape index (κ2) is 8.18. The Bertz CT molecular complexity index is 167. The van der Waals surface area contributed by atoms with E-state index in [9.17, 15) is 13.0 Å². The van der Waals surface area contributed by atoms with Crippen LogP contribution in [0, 0.1) is 0 Å². The maximum absolute atomic E-state index is 9.96. The van der Waals surface area contributed by atoms with Gasteiger partial charge in [-0.1, -0.05) is 0 Å². The molecule has 0 rings (SSSR count). The van der Waals surface area contributed by atoms with Crippen molar-refractivity contribution in [1.29, 1.82) is 0 Å². The van der Waals surface area contributed by atoms with Crippen LogP contribution < -0.4 is 29.6 Å². The third kappa shape index (κ3) is 14.4. The first-order chi connectivity index (χ1) is 3.95. The standard InChI is InChI=1S/C3H8O3S3.Na.H2O/c4-9(5,6)2-3(8)1-7;;/h3,7-8H,1-2H2,(H,4,5,6);;1H2/q;+1;/p-1/t3-;;/m0../s1. The first-order valence-electron chi connectivity index (χ1n) is 2.18. The smallest absolute Gasteiger partial charge is 0.748 e. The summed E-state index contributed by atoms with van der Waals surface area (Å²) in [4.78, 5) is 0. The molecule has 2 N–H and O–H groups in total. The van der Waals surface area contributed by atoms with Crippen molar-refractivity contribution < 1.29 is 48.0 Å². The molecule has 0 aromatic rings. The number of thiol groups is 2. The Labute approximate surface area is 99.3 Å². The molecule has 0 saturated carbocycles. The summed E-state index contributed by atoms with van der Waals surface area (Å²) in [5, 5.41) is -0.448. The van der Waals surface area contributed by atoms with Crippen molar-refractivity contribution in [3.05, 3.63) is 0 Å². The van der Waals surface area contributed by atoms with E-state index in [1.54, 1.807) is 0 Å². The number of rotatable bonds is 3. The Hall–Kier alpha value is 1.57. The molecule has 0 radical (unpaired) electrons. The van der Waals surface area contributed by atoms with Crippen LogP contribution in [0.5, 0.6) is 0 Å². The van der Waals surface area contributed by atoms with Gasteiger partial charge in [-0.15, -0.1) is 0 Å². The van der Waals surface area contributed by atoms with Crippen LogP contribution in [-0.2, 0) is 10.1 Å². The molecule has 0 aliphatic carbocycles. The van der Waals surface area contributed by atoms with E-state index in [1.165, 1.54) is 0 Å². The van der Waals surface area contributed by atoms with Gasteiger partial charge >= 0.3 is 29.6 Å². The average Bonchev–Trinajstić information content (AvgIpc) is 1.62. The molecule has 0 unspecified atom stereocenters. The normalized spacial score (nSPS) is 12.6. The van der Waals surface area contributed by atoms with Crippen molar-refractivity contribution >= 4 is 35.4 Å². The van der Waals surface area contributed by atoms with E-state index >= 15 is 0 Å². The minimum absolute atomic E-state index is 0. The van der Waals surface area contributed by atoms with Crippen LogP contribution in [0.25, 0.3) is 0 Å². The van der Waals surface area contributed by atoms with Crippen molar-refractivity contribution in [2.75, 3.05) is 11.5 Å². The Morgan fingerprint density at radius 2 is 1.82 bits per heavy atom. The maximum Gasteiger partial charge on any atom is 1.00 e. The van der Waals surface area contributed by atoms with Crippen LogP contribution in [0.4, 0.5) is 0 Å². The van der Waals surface area contributed by atoms with Crippen molar-refractivity contribution in [3.8, 4) is 0 Å². The summed E-state index contributed by atoms with van der Waals surface area (Å²) in [6.45, 7) is 0. The predicted molar refractivity (Wildman–Crippen MR) is 44.8 cm³/mol. The van der Waals surface area contributed by atoms with Gasteiger partial charge in [-0.2, -0.15) is 25.3 Å². The van der Waals surface area contributed by atoms with Crippen LogP contribution >= 0.6 is 25.3 Å². The first-order valence-corrected chi connectivity index (χ1v) is 4.91. The van der Waals surface area contributed by atoms with Crippen LogP contribution in [0.2, 0.25) is 0 Å². The molecule has 0 bridgehead atoms. The van der Waals surface area contributed by atoms with Crippen LogP contribution in [0.3, 0.4) is 0 Å². The van der Waals surface area contributed by atoms with Gasteiger partial charge in [-0.25, -0.2) is 8.42 Å². The summed E-state index contributed by atoms with van der Waals surface area (Å²) >= 11 is 7.52. The molecule has 0 heterocycles. The van der Waals surface area contributed by atoms with Gasteiger partial charge < -0.3 is 10.0 Å². The van der Waals surface area contributed by atoms with Crippen molar-refractivity contribution in [2.24, 2.45) is 0 Å². The summed E-state index contributed by atoms with van der Waals surface area (Å²) in [6.07, 6.45) is 0. The van der Waals surface area contributed by atoms with Crippen molar-refractivity contribution in [1.82, 2.24) is 0 Å². The molecule has 0 aliphatic rings. The van der Waals surface area contributed by atoms with E-state index in [0.29, 0.717) is 5.75 Å². The number of hydrogen-bond acceptors (Lipinski definition) is 5. The zero-order valence-corrected chi connectivity index (χ0v) is 10.6. The molecule has 0 aromatic carbocycles. The van der Waals surface area contributed by atoms with Gasteiger partial charge in [0.2, 0.25) is 0 Å². The summed E-state index contributed by atoms with van der Waals surface area (Å²) in [5.74, 6) is -0.149. The van der Waals surface area contributed by atoms with E-state index in [-0.39, 0.29) is 35.0 Å². The van der Waals surface area contributed by atoms with Crippen molar-refractivity contribution in [3.63, 3.8) is 0 Å². The SMILES string of the molecule is O.O=S(=O)([O-])C[C@@H](S)CS.[Na+]. The maximum atomic E-state index is 9.96. The molecule has 11 heavy (non-hydrogen) atoms. The minimum Gasteiger partial charge on any atom is -0.748 e. The fourth-order valence-corrected chi connectivity index (χ4v) is 1.73. The third-order valence-electron chi connectivity index (χ3n) is 0.607. The van der Waals surface area contributed by atoms with Crippen LogP contribution in [0.1, 0.15) is 0 Å².